The topological polar surface area (TPSA) is 105 Å². The Morgan fingerprint density at radius 2 is 2.12 bits per heavy atom. The van der Waals surface area contributed by atoms with Crippen molar-refractivity contribution in [1.29, 1.82) is 0 Å². The third-order valence-electron chi connectivity index (χ3n) is 2.34. The average molecular weight is 226 g/mol. The van der Waals surface area contributed by atoms with Gasteiger partial charge < -0.3 is 14.9 Å². The lowest BCUT2D eigenvalue weighted by atomic mass is 10.2. The van der Waals surface area contributed by atoms with Gasteiger partial charge in [-0.15, -0.1) is 0 Å². The molecule has 1 aromatic heterocycles. The number of ether oxygens (including phenoxy) is 1. The number of aromatic amines is 1. The number of aliphatic hydroxyl groups excluding tert-OH is 2. The van der Waals surface area contributed by atoms with Crippen LogP contribution in [0.25, 0.3) is 0 Å². The SMILES string of the molecule is C=C1O[C@@H](n2ccc(=O)[nH]c2=O)C(O)[C@@H]1O. The summed E-state index contributed by atoms with van der Waals surface area (Å²) in [6.45, 7) is 3.39. The van der Waals surface area contributed by atoms with E-state index in [4.69, 9.17) is 4.74 Å². The zero-order valence-corrected chi connectivity index (χ0v) is 8.16. The molecule has 86 valence electrons. The highest BCUT2D eigenvalue weighted by molar-refractivity contribution is 5.05. The van der Waals surface area contributed by atoms with Crippen LogP contribution in [0.4, 0.5) is 0 Å². The van der Waals surface area contributed by atoms with E-state index in [-0.39, 0.29) is 5.76 Å². The van der Waals surface area contributed by atoms with E-state index >= 15 is 0 Å². The maximum absolute atomic E-state index is 11.4. The Balaban J connectivity index is 2.43. The van der Waals surface area contributed by atoms with Gasteiger partial charge in [-0.05, 0) is 0 Å². The van der Waals surface area contributed by atoms with Gasteiger partial charge in [0.15, 0.2) is 0 Å². The summed E-state index contributed by atoms with van der Waals surface area (Å²) in [5.41, 5.74) is -1.27. The van der Waals surface area contributed by atoms with Crippen molar-refractivity contribution in [3.63, 3.8) is 0 Å². The number of H-pyrrole nitrogens is 1. The molecular formula is C9H10N2O5. The molecule has 0 aromatic carbocycles. The summed E-state index contributed by atoms with van der Waals surface area (Å²) in [7, 11) is 0. The molecule has 0 amide bonds. The van der Waals surface area contributed by atoms with Crippen LogP contribution in [0.3, 0.4) is 0 Å². The zero-order chi connectivity index (χ0) is 11.9. The van der Waals surface area contributed by atoms with E-state index in [9.17, 15) is 19.8 Å². The largest absolute Gasteiger partial charge is 0.469 e. The molecule has 0 bridgehead atoms. The first kappa shape index (κ1) is 10.7. The van der Waals surface area contributed by atoms with Gasteiger partial charge in [0, 0.05) is 12.3 Å². The molecule has 3 N–H and O–H groups in total. The first-order valence-corrected chi connectivity index (χ1v) is 4.54. The van der Waals surface area contributed by atoms with E-state index in [0.29, 0.717) is 0 Å². The molecule has 7 heteroatoms. The van der Waals surface area contributed by atoms with Crippen LogP contribution in [-0.4, -0.2) is 32.0 Å². The van der Waals surface area contributed by atoms with E-state index in [1.165, 1.54) is 6.20 Å². The zero-order valence-electron chi connectivity index (χ0n) is 8.16. The molecule has 1 unspecified atom stereocenters. The molecule has 0 spiro atoms. The van der Waals surface area contributed by atoms with Crippen molar-refractivity contribution in [1.82, 2.24) is 9.55 Å². The van der Waals surface area contributed by atoms with Crippen LogP contribution >= 0.6 is 0 Å². The van der Waals surface area contributed by atoms with Crippen molar-refractivity contribution in [2.75, 3.05) is 0 Å². The van der Waals surface area contributed by atoms with E-state index in [1.807, 2.05) is 4.98 Å². The predicted octanol–water partition coefficient (Wildman–Crippen LogP) is -1.70. The van der Waals surface area contributed by atoms with Gasteiger partial charge in [-0.3, -0.25) is 14.3 Å². The number of aromatic nitrogens is 2. The number of rotatable bonds is 1. The van der Waals surface area contributed by atoms with Crippen molar-refractivity contribution in [3.05, 3.63) is 45.4 Å². The van der Waals surface area contributed by atoms with Gasteiger partial charge in [-0.1, -0.05) is 6.58 Å². The summed E-state index contributed by atoms with van der Waals surface area (Å²) in [5.74, 6) is -0.0180. The fraction of sp³-hybridized carbons (Fsp3) is 0.333. The van der Waals surface area contributed by atoms with Gasteiger partial charge >= 0.3 is 5.69 Å². The minimum atomic E-state index is -1.30. The molecule has 2 heterocycles. The normalized spacial score (nSPS) is 29.1. The second-order valence-electron chi connectivity index (χ2n) is 3.43. The van der Waals surface area contributed by atoms with Crippen LogP contribution in [0.1, 0.15) is 6.23 Å². The Labute approximate surface area is 89.2 Å². The van der Waals surface area contributed by atoms with E-state index in [2.05, 4.69) is 6.58 Å². The lowest BCUT2D eigenvalue weighted by Crippen LogP contribution is -2.37. The Kier molecular flexibility index (Phi) is 2.41. The molecule has 1 aliphatic heterocycles. The molecule has 16 heavy (non-hydrogen) atoms. The Morgan fingerprint density at radius 3 is 2.62 bits per heavy atom. The molecule has 0 radical (unpaired) electrons. The standard InChI is InChI=1S/C9H10N2O5/c1-4-6(13)7(14)8(16-4)11-3-2-5(12)10-9(11)15/h2-3,6-8,13-14H,1H2,(H,10,12,15)/t6-,7?,8-/m1/s1. The number of nitrogens with zero attached hydrogens (tertiary/aromatic N) is 1. The lowest BCUT2D eigenvalue weighted by molar-refractivity contribution is -0.0163. The smallest absolute Gasteiger partial charge is 0.331 e. The second-order valence-corrected chi connectivity index (χ2v) is 3.43. The van der Waals surface area contributed by atoms with Crippen LogP contribution < -0.4 is 11.2 Å². The van der Waals surface area contributed by atoms with E-state index < -0.39 is 29.7 Å². The molecule has 2 rings (SSSR count). The van der Waals surface area contributed by atoms with Crippen LogP contribution in [0.15, 0.2) is 34.2 Å². The first-order valence-electron chi connectivity index (χ1n) is 4.54. The second kappa shape index (κ2) is 3.62. The lowest BCUT2D eigenvalue weighted by Gasteiger charge is -2.15. The highest BCUT2D eigenvalue weighted by Gasteiger charge is 2.40. The Bertz CT molecular complexity index is 531. The van der Waals surface area contributed by atoms with Crippen LogP contribution in [-0.2, 0) is 4.74 Å². The third kappa shape index (κ3) is 1.55. The molecule has 1 aromatic rings. The summed E-state index contributed by atoms with van der Waals surface area (Å²) in [5, 5.41) is 19.0. The van der Waals surface area contributed by atoms with Gasteiger partial charge in [0.1, 0.15) is 18.0 Å². The fourth-order valence-corrected chi connectivity index (χ4v) is 1.49. The van der Waals surface area contributed by atoms with Gasteiger partial charge in [0.25, 0.3) is 5.56 Å². The van der Waals surface area contributed by atoms with Gasteiger partial charge in [0.2, 0.25) is 6.23 Å². The number of hydrogen-bond donors (Lipinski definition) is 3. The van der Waals surface area contributed by atoms with E-state index in [1.54, 1.807) is 0 Å². The van der Waals surface area contributed by atoms with Crippen molar-refractivity contribution in [2.45, 2.75) is 18.4 Å². The Hall–Kier alpha value is -1.86. The van der Waals surface area contributed by atoms with Crippen LogP contribution in [0, 0.1) is 0 Å². The predicted molar refractivity (Wildman–Crippen MR) is 52.6 cm³/mol. The minimum Gasteiger partial charge on any atom is -0.469 e. The molecule has 7 nitrogen and oxygen atoms in total. The summed E-state index contributed by atoms with van der Waals surface area (Å²) in [6.07, 6.45) is -2.44. The average Bonchev–Trinajstić information content (AvgIpc) is 2.46. The van der Waals surface area contributed by atoms with E-state index in [0.717, 1.165) is 10.6 Å². The fourth-order valence-electron chi connectivity index (χ4n) is 1.49. The van der Waals surface area contributed by atoms with Crippen molar-refractivity contribution in [2.24, 2.45) is 0 Å². The van der Waals surface area contributed by atoms with Crippen molar-refractivity contribution >= 4 is 0 Å². The van der Waals surface area contributed by atoms with Gasteiger partial charge in [-0.25, -0.2) is 4.79 Å². The molecule has 1 fully saturated rings. The van der Waals surface area contributed by atoms with Crippen molar-refractivity contribution in [3.8, 4) is 0 Å². The molecule has 1 saturated heterocycles. The maximum Gasteiger partial charge on any atom is 0.331 e. The number of hydrogen-bond acceptors (Lipinski definition) is 5. The molecule has 0 aliphatic carbocycles. The van der Waals surface area contributed by atoms with Crippen LogP contribution in [0.5, 0.6) is 0 Å². The van der Waals surface area contributed by atoms with Crippen LogP contribution in [0.2, 0.25) is 0 Å². The number of nitrogens with one attached hydrogen (secondary N) is 1. The quantitative estimate of drug-likeness (QED) is 0.529. The molecule has 0 saturated carbocycles. The Morgan fingerprint density at radius 1 is 1.44 bits per heavy atom. The highest BCUT2D eigenvalue weighted by atomic mass is 16.5. The summed E-state index contributed by atoms with van der Waals surface area (Å²) >= 11 is 0. The summed E-state index contributed by atoms with van der Waals surface area (Å²) in [4.78, 5) is 24.2. The monoisotopic (exact) mass is 226 g/mol. The van der Waals surface area contributed by atoms with Gasteiger partial charge in [0.05, 0.1) is 0 Å². The maximum atomic E-state index is 11.4. The molecule has 3 atom stereocenters. The number of aliphatic hydroxyl groups is 2. The molecule has 1 aliphatic rings. The van der Waals surface area contributed by atoms with Crippen molar-refractivity contribution < 1.29 is 14.9 Å². The minimum absolute atomic E-state index is 0.0180. The third-order valence-corrected chi connectivity index (χ3v) is 2.34. The summed E-state index contributed by atoms with van der Waals surface area (Å²) < 4.78 is 6.02. The van der Waals surface area contributed by atoms with Gasteiger partial charge in [-0.2, -0.15) is 0 Å². The highest BCUT2D eigenvalue weighted by Crippen LogP contribution is 2.29. The summed E-state index contributed by atoms with van der Waals surface area (Å²) in [6, 6.07) is 1.12. The molecular weight excluding hydrogens is 216 g/mol. The first-order chi connectivity index (χ1) is 7.50.